The highest BCUT2D eigenvalue weighted by Gasteiger charge is 2.26. The van der Waals surface area contributed by atoms with Gasteiger partial charge in [-0.05, 0) is 24.0 Å². The van der Waals surface area contributed by atoms with Crippen LogP contribution in [0.3, 0.4) is 0 Å². The van der Waals surface area contributed by atoms with Crippen LogP contribution in [0.1, 0.15) is 47.9 Å². The molecule has 3 atom stereocenters. The Hall–Kier alpha value is -3.16. The van der Waals surface area contributed by atoms with E-state index in [1.165, 1.54) is 0 Å². The number of rotatable bonds is 6. The molecule has 4 rings (SSSR count). The topological polar surface area (TPSA) is 88.4 Å². The van der Waals surface area contributed by atoms with E-state index in [0.29, 0.717) is 5.82 Å². The first kappa shape index (κ1) is 20.1. The Morgan fingerprint density at radius 1 is 1.13 bits per heavy atom. The fourth-order valence-corrected chi connectivity index (χ4v) is 3.72. The van der Waals surface area contributed by atoms with Crippen LogP contribution >= 0.6 is 0 Å². The predicted molar refractivity (Wildman–Crippen MR) is 114 cm³/mol. The highest BCUT2D eigenvalue weighted by molar-refractivity contribution is 5.88. The number of nitrogens with one attached hydrogen (secondary N) is 2. The highest BCUT2D eigenvalue weighted by atomic mass is 16.5. The maximum absolute atomic E-state index is 12.8. The van der Waals surface area contributed by atoms with Crippen molar-refractivity contribution in [3.63, 3.8) is 0 Å². The third-order valence-electron chi connectivity index (χ3n) is 5.30. The minimum absolute atomic E-state index is 0.0215. The Bertz CT molecular complexity index is 969. The number of carbonyl (C=O) groups is 1. The Labute approximate surface area is 175 Å². The van der Waals surface area contributed by atoms with Gasteiger partial charge in [0.2, 0.25) is 0 Å². The van der Waals surface area contributed by atoms with Crippen molar-refractivity contribution in [2.45, 2.75) is 31.1 Å². The standard InChI is InChI=1S/C23H26N4O3/c1-27-20(15-18(26-27)19-13-8-14-30-19)24-23(29)25-21(16-9-4-2-5-10-16)22(28)17-11-6-3-7-12-17/h2-7,9-12,15,19,21-22,28H,8,13-14H2,1H3,(H2,24,25,29)/t19?,21-,22+/m0/s1. The molecule has 3 aromatic rings. The molecule has 0 spiro atoms. The quantitative estimate of drug-likeness (QED) is 0.580. The molecule has 1 fully saturated rings. The number of amides is 2. The lowest BCUT2D eigenvalue weighted by Crippen LogP contribution is -2.36. The third-order valence-corrected chi connectivity index (χ3v) is 5.30. The number of nitrogens with zero attached hydrogens (tertiary/aromatic N) is 2. The summed E-state index contributed by atoms with van der Waals surface area (Å²) in [6.45, 7) is 0.737. The van der Waals surface area contributed by atoms with Gasteiger partial charge < -0.3 is 15.2 Å². The summed E-state index contributed by atoms with van der Waals surface area (Å²) in [5, 5.41) is 21.2. The SMILES string of the molecule is Cn1nc(C2CCCO2)cc1NC(=O)N[C@@H](c1ccccc1)[C@H](O)c1ccccc1. The molecule has 1 aliphatic heterocycles. The summed E-state index contributed by atoms with van der Waals surface area (Å²) in [5.74, 6) is 0.569. The second kappa shape index (κ2) is 9.11. The summed E-state index contributed by atoms with van der Waals surface area (Å²) < 4.78 is 7.30. The van der Waals surface area contributed by atoms with Gasteiger partial charge in [0.25, 0.3) is 0 Å². The first-order chi connectivity index (χ1) is 14.6. The third kappa shape index (κ3) is 4.53. The minimum Gasteiger partial charge on any atom is -0.386 e. The molecule has 0 radical (unpaired) electrons. The number of ether oxygens (including phenoxy) is 1. The van der Waals surface area contributed by atoms with E-state index < -0.39 is 18.2 Å². The number of benzene rings is 2. The molecule has 2 aromatic carbocycles. The predicted octanol–water partition coefficient (Wildman–Crippen LogP) is 3.87. The van der Waals surface area contributed by atoms with Gasteiger partial charge in [-0.3, -0.25) is 10.00 Å². The molecule has 1 saturated heterocycles. The summed E-state index contributed by atoms with van der Waals surface area (Å²) in [6, 6.07) is 19.5. The summed E-state index contributed by atoms with van der Waals surface area (Å²) in [5.41, 5.74) is 2.36. The Morgan fingerprint density at radius 3 is 2.43 bits per heavy atom. The molecule has 1 aromatic heterocycles. The molecule has 0 bridgehead atoms. The van der Waals surface area contributed by atoms with Gasteiger partial charge >= 0.3 is 6.03 Å². The molecule has 7 nitrogen and oxygen atoms in total. The Kier molecular flexibility index (Phi) is 6.11. The molecule has 0 saturated carbocycles. The lowest BCUT2D eigenvalue weighted by atomic mass is 9.96. The van der Waals surface area contributed by atoms with E-state index in [0.717, 1.165) is 36.3 Å². The van der Waals surface area contributed by atoms with E-state index in [4.69, 9.17) is 4.74 Å². The van der Waals surface area contributed by atoms with E-state index in [1.807, 2.05) is 66.7 Å². The molecule has 30 heavy (non-hydrogen) atoms. The van der Waals surface area contributed by atoms with E-state index in [9.17, 15) is 9.90 Å². The maximum Gasteiger partial charge on any atom is 0.320 e. The van der Waals surface area contributed by atoms with Crippen LogP contribution in [0.5, 0.6) is 0 Å². The number of hydrogen-bond donors (Lipinski definition) is 3. The Morgan fingerprint density at radius 2 is 1.80 bits per heavy atom. The highest BCUT2D eigenvalue weighted by Crippen LogP contribution is 2.30. The van der Waals surface area contributed by atoms with Crippen molar-refractivity contribution in [2.75, 3.05) is 11.9 Å². The number of aromatic nitrogens is 2. The smallest absolute Gasteiger partial charge is 0.320 e. The van der Waals surface area contributed by atoms with Crippen LogP contribution < -0.4 is 10.6 Å². The molecule has 2 heterocycles. The molecule has 3 N–H and O–H groups in total. The van der Waals surface area contributed by atoms with Gasteiger partial charge in [0.1, 0.15) is 18.0 Å². The van der Waals surface area contributed by atoms with Gasteiger partial charge in [-0.25, -0.2) is 4.79 Å². The lowest BCUT2D eigenvalue weighted by Gasteiger charge is -2.25. The fourth-order valence-electron chi connectivity index (χ4n) is 3.72. The zero-order valence-electron chi connectivity index (χ0n) is 16.9. The second-order valence-electron chi connectivity index (χ2n) is 7.42. The maximum atomic E-state index is 12.8. The van der Waals surface area contributed by atoms with Gasteiger partial charge in [0, 0.05) is 19.7 Å². The van der Waals surface area contributed by atoms with Gasteiger partial charge in [-0.1, -0.05) is 60.7 Å². The average molecular weight is 406 g/mol. The number of aryl methyl sites for hydroxylation is 1. The van der Waals surface area contributed by atoms with Crippen molar-refractivity contribution >= 4 is 11.8 Å². The van der Waals surface area contributed by atoms with Gasteiger partial charge in [-0.2, -0.15) is 5.10 Å². The molecule has 1 unspecified atom stereocenters. The lowest BCUT2D eigenvalue weighted by molar-refractivity contribution is 0.108. The van der Waals surface area contributed by atoms with E-state index in [2.05, 4.69) is 15.7 Å². The largest absolute Gasteiger partial charge is 0.386 e. The van der Waals surface area contributed by atoms with Crippen molar-refractivity contribution in [3.05, 3.63) is 83.6 Å². The van der Waals surface area contributed by atoms with Gasteiger partial charge in [0.05, 0.1) is 11.7 Å². The first-order valence-electron chi connectivity index (χ1n) is 10.1. The number of aliphatic hydroxyl groups is 1. The van der Waals surface area contributed by atoms with Gasteiger partial charge in [-0.15, -0.1) is 0 Å². The molecule has 0 aliphatic carbocycles. The van der Waals surface area contributed by atoms with Crippen molar-refractivity contribution in [1.29, 1.82) is 0 Å². The molecule has 1 aliphatic rings. The van der Waals surface area contributed by atoms with E-state index >= 15 is 0 Å². The molecular weight excluding hydrogens is 380 g/mol. The van der Waals surface area contributed by atoms with Crippen molar-refractivity contribution < 1.29 is 14.6 Å². The van der Waals surface area contributed by atoms with Crippen LogP contribution in [0.2, 0.25) is 0 Å². The van der Waals surface area contributed by atoms with E-state index in [-0.39, 0.29) is 6.10 Å². The molecule has 7 heteroatoms. The number of urea groups is 1. The van der Waals surface area contributed by atoms with E-state index in [1.54, 1.807) is 11.7 Å². The fraction of sp³-hybridized carbons (Fsp3) is 0.304. The molecule has 156 valence electrons. The number of hydrogen-bond acceptors (Lipinski definition) is 4. The number of aliphatic hydroxyl groups excluding tert-OH is 1. The van der Waals surface area contributed by atoms with Crippen LogP contribution in [0.4, 0.5) is 10.6 Å². The monoisotopic (exact) mass is 406 g/mol. The zero-order valence-corrected chi connectivity index (χ0v) is 16.9. The van der Waals surface area contributed by atoms with Crippen LogP contribution in [0, 0.1) is 0 Å². The number of anilines is 1. The van der Waals surface area contributed by atoms with Gasteiger partial charge in [0.15, 0.2) is 0 Å². The molecule has 2 amide bonds. The first-order valence-corrected chi connectivity index (χ1v) is 10.1. The minimum atomic E-state index is -0.895. The summed E-state index contributed by atoms with van der Waals surface area (Å²) in [4.78, 5) is 12.8. The van der Waals surface area contributed by atoms with Crippen LogP contribution in [-0.4, -0.2) is 27.5 Å². The Balaban J connectivity index is 1.51. The average Bonchev–Trinajstić information content (AvgIpc) is 3.43. The normalized spacial score (nSPS) is 18.0. The van der Waals surface area contributed by atoms with Crippen LogP contribution in [0.25, 0.3) is 0 Å². The van der Waals surface area contributed by atoms with Crippen LogP contribution in [0.15, 0.2) is 66.7 Å². The molecular formula is C23H26N4O3. The second-order valence-corrected chi connectivity index (χ2v) is 7.42. The van der Waals surface area contributed by atoms with Crippen LogP contribution in [-0.2, 0) is 11.8 Å². The summed E-state index contributed by atoms with van der Waals surface area (Å²) >= 11 is 0. The van der Waals surface area contributed by atoms with Crippen molar-refractivity contribution in [2.24, 2.45) is 7.05 Å². The van der Waals surface area contributed by atoms with Crippen molar-refractivity contribution in [3.8, 4) is 0 Å². The van der Waals surface area contributed by atoms with Crippen molar-refractivity contribution in [1.82, 2.24) is 15.1 Å². The zero-order chi connectivity index (χ0) is 20.9. The summed E-state index contributed by atoms with van der Waals surface area (Å²) in [6.07, 6.45) is 1.03. The number of carbonyl (C=O) groups excluding carboxylic acids is 1. The summed E-state index contributed by atoms with van der Waals surface area (Å²) in [7, 11) is 1.78.